The minimum atomic E-state index is -1.04. The topological polar surface area (TPSA) is 143 Å². The van der Waals surface area contributed by atoms with E-state index in [-0.39, 0.29) is 50.8 Å². The van der Waals surface area contributed by atoms with E-state index in [4.69, 9.17) is 9.47 Å². The first-order chi connectivity index (χ1) is 25.3. The highest BCUT2D eigenvalue weighted by atomic mass is 16.6. The van der Waals surface area contributed by atoms with Crippen molar-refractivity contribution in [3.63, 3.8) is 0 Å². The first-order valence-electron chi connectivity index (χ1n) is 18.1. The number of ether oxygens (including phenoxy) is 2. The van der Waals surface area contributed by atoms with Gasteiger partial charge in [-0.3, -0.25) is 9.59 Å². The maximum atomic E-state index is 13.7. The zero-order chi connectivity index (χ0) is 36.9. The summed E-state index contributed by atoms with van der Waals surface area (Å²) < 4.78 is 11.7. The third kappa shape index (κ3) is 9.55. The fourth-order valence-corrected chi connectivity index (χ4v) is 7.20. The van der Waals surface area contributed by atoms with Crippen LogP contribution in [-0.4, -0.2) is 60.3 Å². The molecule has 1 saturated carbocycles. The number of hydrogen-bond donors (Lipinski definition) is 4. The molecule has 0 radical (unpaired) electrons. The highest BCUT2D eigenvalue weighted by Crippen LogP contribution is 2.44. The van der Waals surface area contributed by atoms with E-state index in [1.54, 1.807) is 36.4 Å². The summed E-state index contributed by atoms with van der Waals surface area (Å²) in [4.78, 5) is 53.2. The van der Waals surface area contributed by atoms with Crippen LogP contribution in [0, 0.1) is 5.92 Å². The lowest BCUT2D eigenvalue weighted by molar-refractivity contribution is -0.152. The van der Waals surface area contributed by atoms with E-state index in [0.29, 0.717) is 24.8 Å². The Balaban J connectivity index is 1.22. The Morgan fingerprint density at radius 2 is 1.52 bits per heavy atom. The van der Waals surface area contributed by atoms with Crippen LogP contribution in [0.5, 0.6) is 0 Å². The largest absolute Gasteiger partial charge is 0.454 e. The van der Waals surface area contributed by atoms with Crippen molar-refractivity contribution in [2.75, 3.05) is 19.8 Å². The number of alkyl carbamates (subject to hydrolysis) is 1. The molecule has 10 nitrogen and oxygen atoms in total. The maximum Gasteiger partial charge on any atom is 0.407 e. The molecule has 3 atom stereocenters. The number of benzene rings is 3. The van der Waals surface area contributed by atoms with Crippen LogP contribution in [0.1, 0.15) is 80.1 Å². The summed E-state index contributed by atoms with van der Waals surface area (Å²) in [7, 11) is 0. The molecule has 0 aromatic heterocycles. The minimum absolute atomic E-state index is 0.0659. The van der Waals surface area contributed by atoms with E-state index in [0.717, 1.165) is 35.1 Å². The van der Waals surface area contributed by atoms with Crippen LogP contribution in [-0.2, 0) is 23.9 Å². The molecular weight excluding hydrogens is 658 g/mol. The molecule has 2 aliphatic carbocycles. The van der Waals surface area contributed by atoms with Crippen molar-refractivity contribution < 1.29 is 33.8 Å². The van der Waals surface area contributed by atoms with E-state index >= 15 is 0 Å². The normalized spacial score (nSPS) is 15.9. The number of aliphatic hydroxyl groups is 1. The van der Waals surface area contributed by atoms with Gasteiger partial charge < -0.3 is 30.5 Å². The van der Waals surface area contributed by atoms with Crippen molar-refractivity contribution >= 4 is 23.9 Å². The van der Waals surface area contributed by atoms with E-state index in [2.05, 4.69) is 41.2 Å². The van der Waals surface area contributed by atoms with Gasteiger partial charge in [-0.2, -0.15) is 0 Å². The minimum Gasteiger partial charge on any atom is -0.454 e. The van der Waals surface area contributed by atoms with Crippen molar-refractivity contribution in [2.45, 2.75) is 75.0 Å². The van der Waals surface area contributed by atoms with Gasteiger partial charge in [-0.1, -0.05) is 104 Å². The van der Waals surface area contributed by atoms with E-state index in [9.17, 15) is 24.3 Å². The Labute approximate surface area is 305 Å². The Kier molecular flexibility index (Phi) is 13.4. The first kappa shape index (κ1) is 38.0. The highest BCUT2D eigenvalue weighted by molar-refractivity contribution is 5.86. The molecule has 3 aromatic rings. The van der Waals surface area contributed by atoms with Crippen LogP contribution in [0.3, 0.4) is 0 Å². The van der Waals surface area contributed by atoms with Gasteiger partial charge in [0.05, 0.1) is 24.6 Å². The van der Waals surface area contributed by atoms with Crippen LogP contribution in [0.4, 0.5) is 4.79 Å². The number of esters is 1. The predicted octanol–water partition coefficient (Wildman–Crippen LogP) is 6.26. The average molecular weight is 708 g/mol. The number of carbonyl (C=O) groups excluding carboxylic acids is 4. The number of rotatable bonds is 18. The lowest BCUT2D eigenvalue weighted by atomic mass is 9.95. The fraction of sp³-hybridized carbons (Fsp3) is 0.381. The maximum absolute atomic E-state index is 13.7. The van der Waals surface area contributed by atoms with Gasteiger partial charge in [0, 0.05) is 12.3 Å². The SMILES string of the molecule is C=CCC[C@H](NC(=O)OCC1c2ccccc2-c2ccccc21)C(=O)O[C@@H](CNC(=O)[C@@H](CC=C)CC(=O)NC1(CO)CCCC1)c1ccccc1. The molecule has 10 heteroatoms. The molecule has 0 saturated heterocycles. The number of carbonyl (C=O) groups is 4. The number of hydrogen-bond acceptors (Lipinski definition) is 7. The monoisotopic (exact) mass is 707 g/mol. The Hall–Kier alpha value is -5.22. The quantitative estimate of drug-likeness (QED) is 0.0903. The molecule has 3 aromatic carbocycles. The van der Waals surface area contributed by atoms with E-state index in [1.165, 1.54) is 0 Å². The van der Waals surface area contributed by atoms with Crippen LogP contribution in [0.25, 0.3) is 11.1 Å². The van der Waals surface area contributed by atoms with Crippen LogP contribution < -0.4 is 16.0 Å². The first-order valence-corrected chi connectivity index (χ1v) is 18.1. The summed E-state index contributed by atoms with van der Waals surface area (Å²) in [5, 5.41) is 18.4. The standard InChI is InChI=1S/C42H49N3O7/c1-3-5-22-36(44-41(50)51-27-35-33-20-11-9-18-31(33)32-19-10-12-21-34(32)35)40(49)52-37(29-16-7-6-8-17-29)26-43-39(48)30(15-4-2)25-38(47)45-42(28-46)23-13-14-24-42/h3-4,6-12,16-21,30,35-37,46H,1-2,5,13-15,22-28H2,(H,43,48)(H,44,50)(H,45,47)/t30-,36-,37-/m0/s1. The van der Waals surface area contributed by atoms with Gasteiger partial charge in [0.2, 0.25) is 11.8 Å². The van der Waals surface area contributed by atoms with Gasteiger partial charge in [-0.05, 0) is 59.9 Å². The zero-order valence-electron chi connectivity index (χ0n) is 29.6. The molecule has 52 heavy (non-hydrogen) atoms. The number of allylic oxidation sites excluding steroid dienone is 2. The summed E-state index contributed by atoms with van der Waals surface area (Å²) in [6.45, 7) is 7.39. The Morgan fingerprint density at radius 3 is 2.13 bits per heavy atom. The molecule has 0 spiro atoms. The van der Waals surface area contributed by atoms with Crippen molar-refractivity contribution in [3.8, 4) is 11.1 Å². The number of aliphatic hydroxyl groups excluding tert-OH is 1. The summed E-state index contributed by atoms with van der Waals surface area (Å²) in [5.41, 5.74) is 4.36. The van der Waals surface area contributed by atoms with Gasteiger partial charge in [-0.25, -0.2) is 9.59 Å². The Morgan fingerprint density at radius 1 is 0.885 bits per heavy atom. The molecule has 0 bridgehead atoms. The van der Waals surface area contributed by atoms with E-state index < -0.39 is 41.6 Å². The van der Waals surface area contributed by atoms with Crippen molar-refractivity contribution in [1.29, 1.82) is 0 Å². The van der Waals surface area contributed by atoms with Crippen molar-refractivity contribution in [2.24, 2.45) is 5.92 Å². The number of amides is 3. The fourth-order valence-electron chi connectivity index (χ4n) is 7.20. The van der Waals surface area contributed by atoms with Gasteiger partial charge >= 0.3 is 12.1 Å². The predicted molar refractivity (Wildman–Crippen MR) is 199 cm³/mol. The van der Waals surface area contributed by atoms with Gasteiger partial charge in [0.25, 0.3) is 0 Å². The van der Waals surface area contributed by atoms with Crippen molar-refractivity contribution in [1.82, 2.24) is 16.0 Å². The summed E-state index contributed by atoms with van der Waals surface area (Å²) >= 11 is 0. The molecule has 4 N–H and O–H groups in total. The molecule has 0 heterocycles. The molecule has 5 rings (SSSR count). The third-order valence-corrected chi connectivity index (χ3v) is 9.99. The smallest absolute Gasteiger partial charge is 0.407 e. The Bertz CT molecular complexity index is 1670. The second-order valence-electron chi connectivity index (χ2n) is 13.6. The second kappa shape index (κ2) is 18.3. The summed E-state index contributed by atoms with van der Waals surface area (Å²) in [6, 6.07) is 24.0. The molecule has 3 amide bonds. The van der Waals surface area contributed by atoms with Crippen LogP contribution in [0.2, 0.25) is 0 Å². The third-order valence-electron chi connectivity index (χ3n) is 9.99. The molecule has 1 fully saturated rings. The molecule has 0 unspecified atom stereocenters. The summed E-state index contributed by atoms with van der Waals surface area (Å²) in [6.07, 6.45) is 5.68. The zero-order valence-corrected chi connectivity index (χ0v) is 29.6. The van der Waals surface area contributed by atoms with E-state index in [1.807, 2.05) is 42.5 Å². The molecule has 0 aliphatic heterocycles. The van der Waals surface area contributed by atoms with Gasteiger partial charge in [0.1, 0.15) is 18.8 Å². The average Bonchev–Trinajstić information content (AvgIpc) is 3.76. The van der Waals surface area contributed by atoms with Crippen LogP contribution >= 0.6 is 0 Å². The molecular formula is C42H49N3O7. The number of nitrogens with one attached hydrogen (secondary N) is 3. The lowest BCUT2D eigenvalue weighted by Crippen LogP contribution is -2.50. The highest BCUT2D eigenvalue weighted by Gasteiger charge is 2.36. The van der Waals surface area contributed by atoms with Crippen molar-refractivity contribution in [3.05, 3.63) is 121 Å². The molecule has 274 valence electrons. The van der Waals surface area contributed by atoms with Gasteiger partial charge in [-0.15, -0.1) is 13.2 Å². The van der Waals surface area contributed by atoms with Crippen LogP contribution in [0.15, 0.2) is 104 Å². The lowest BCUT2D eigenvalue weighted by Gasteiger charge is -2.29. The number of fused-ring (bicyclic) bond motifs is 3. The second-order valence-corrected chi connectivity index (χ2v) is 13.6. The van der Waals surface area contributed by atoms with Gasteiger partial charge in [0.15, 0.2) is 0 Å². The summed E-state index contributed by atoms with van der Waals surface area (Å²) in [5.74, 6) is -2.24. The molecule has 2 aliphatic rings.